The molecule has 4 heteroatoms. The number of fused-ring (bicyclic) bond motifs is 3. The molecule has 0 fully saturated rings. The van der Waals surface area contributed by atoms with Gasteiger partial charge < -0.3 is 4.42 Å². The van der Waals surface area contributed by atoms with Gasteiger partial charge in [-0.15, -0.1) is 0 Å². The number of benzene rings is 3. The molecule has 0 aliphatic heterocycles. The Morgan fingerprint density at radius 1 is 0.935 bits per heavy atom. The van der Waals surface area contributed by atoms with Crippen LogP contribution in [0.2, 0.25) is 0 Å². The molecule has 0 N–H and O–H groups in total. The highest BCUT2D eigenvalue weighted by atomic mass is 19.1. The highest BCUT2D eigenvalue weighted by Crippen LogP contribution is 2.42. The number of nitrogens with zero attached hydrogens (tertiary/aromatic N) is 2. The summed E-state index contributed by atoms with van der Waals surface area (Å²) < 4.78 is 22.3. The Balaban J connectivity index is 1.85. The second-order valence-electron chi connectivity index (χ2n) is 7.88. The summed E-state index contributed by atoms with van der Waals surface area (Å²) >= 11 is 0. The van der Waals surface area contributed by atoms with Crippen LogP contribution in [-0.2, 0) is 7.05 Å². The third-order valence-electron chi connectivity index (χ3n) is 5.84. The lowest BCUT2D eigenvalue weighted by atomic mass is 9.98. The molecule has 0 radical (unpaired) electrons. The van der Waals surface area contributed by atoms with Gasteiger partial charge in [-0.2, -0.15) is 4.57 Å². The van der Waals surface area contributed by atoms with Gasteiger partial charge in [-0.3, -0.25) is 0 Å². The zero-order valence-corrected chi connectivity index (χ0v) is 17.5. The van der Waals surface area contributed by atoms with Crippen LogP contribution in [0.5, 0.6) is 0 Å². The van der Waals surface area contributed by atoms with Gasteiger partial charge in [-0.25, -0.2) is 9.24 Å². The largest absolute Gasteiger partial charge is 0.455 e. The van der Waals surface area contributed by atoms with E-state index in [1.807, 2.05) is 74.6 Å². The molecule has 150 valence electrons. The number of pyridine rings is 1. The van der Waals surface area contributed by atoms with Crippen molar-refractivity contribution in [3.05, 3.63) is 95.2 Å². The predicted molar refractivity (Wildman–Crippen MR) is 121 cm³/mol. The monoisotopic (exact) mass is 407 g/mol. The van der Waals surface area contributed by atoms with Gasteiger partial charge in [-0.05, 0) is 48.2 Å². The molecule has 0 saturated carbocycles. The summed E-state index contributed by atoms with van der Waals surface area (Å²) in [5.41, 5.74) is 7.35. The van der Waals surface area contributed by atoms with E-state index in [2.05, 4.69) is 4.85 Å². The van der Waals surface area contributed by atoms with Crippen LogP contribution in [0.4, 0.5) is 10.1 Å². The molecule has 2 aromatic heterocycles. The number of aryl methyl sites for hydroxylation is 3. The van der Waals surface area contributed by atoms with Gasteiger partial charge in [0.25, 0.3) is 0 Å². The minimum atomic E-state index is -0.241. The van der Waals surface area contributed by atoms with Crippen LogP contribution in [0.15, 0.2) is 71.3 Å². The lowest BCUT2D eigenvalue weighted by molar-refractivity contribution is -0.662. The Kier molecular flexibility index (Phi) is 4.34. The van der Waals surface area contributed by atoms with Gasteiger partial charge in [0.15, 0.2) is 11.5 Å². The second kappa shape index (κ2) is 7.07. The van der Waals surface area contributed by atoms with Crippen molar-refractivity contribution in [3.8, 4) is 22.4 Å². The van der Waals surface area contributed by atoms with Crippen LogP contribution in [-0.4, -0.2) is 0 Å². The molecule has 0 unspecified atom stereocenters. The molecule has 5 rings (SSSR count). The maximum Gasteiger partial charge on any atom is 0.216 e. The Bertz CT molecular complexity index is 1530. The molecular formula is C27H20FN2O+. The van der Waals surface area contributed by atoms with E-state index < -0.39 is 0 Å². The fraction of sp³-hybridized carbons (Fsp3) is 0.111. The lowest BCUT2D eigenvalue weighted by Crippen LogP contribution is -2.31. The molecule has 0 aliphatic carbocycles. The first kappa shape index (κ1) is 19.0. The Hall–Kier alpha value is -3.97. The zero-order chi connectivity index (χ0) is 21.7. The summed E-state index contributed by atoms with van der Waals surface area (Å²) in [6, 6.07) is 19.7. The zero-order valence-electron chi connectivity index (χ0n) is 17.5. The molecule has 0 aliphatic rings. The molecule has 3 nitrogen and oxygen atoms in total. The molecule has 5 aromatic rings. The first-order chi connectivity index (χ1) is 15.0. The fourth-order valence-corrected chi connectivity index (χ4v) is 4.20. The van der Waals surface area contributed by atoms with E-state index in [1.54, 1.807) is 11.5 Å². The standard InChI is InChI=1S/C27H20FN2O/c1-16-10-11-19-21-13-23(29-3)20(18-8-6-5-7-9-18)14-25(21)31-27(19)26(16)24-12-17(2)22(28)15-30(24)4/h5-15H,1-2,4H3/q+1. The highest BCUT2D eigenvalue weighted by Gasteiger charge is 2.23. The molecule has 3 aromatic carbocycles. The summed E-state index contributed by atoms with van der Waals surface area (Å²) in [5, 5.41) is 1.85. The van der Waals surface area contributed by atoms with Crippen molar-refractivity contribution in [1.29, 1.82) is 0 Å². The molecule has 31 heavy (non-hydrogen) atoms. The normalized spacial score (nSPS) is 11.2. The van der Waals surface area contributed by atoms with Crippen LogP contribution >= 0.6 is 0 Å². The average molecular weight is 407 g/mol. The molecule has 0 bridgehead atoms. The second-order valence-corrected chi connectivity index (χ2v) is 7.88. The molecule has 0 saturated heterocycles. The minimum absolute atomic E-state index is 0.241. The summed E-state index contributed by atoms with van der Waals surface area (Å²) in [4.78, 5) is 3.78. The lowest BCUT2D eigenvalue weighted by Gasteiger charge is -2.06. The Morgan fingerprint density at radius 3 is 2.45 bits per heavy atom. The van der Waals surface area contributed by atoms with Crippen molar-refractivity contribution < 1.29 is 13.4 Å². The van der Waals surface area contributed by atoms with Gasteiger partial charge in [-0.1, -0.05) is 42.5 Å². The van der Waals surface area contributed by atoms with Gasteiger partial charge in [0.1, 0.15) is 18.2 Å². The van der Waals surface area contributed by atoms with Crippen LogP contribution in [0, 0.1) is 26.2 Å². The van der Waals surface area contributed by atoms with Gasteiger partial charge in [0, 0.05) is 16.8 Å². The molecule has 2 heterocycles. The Labute approximate surface area is 179 Å². The van der Waals surface area contributed by atoms with Crippen LogP contribution in [0.3, 0.4) is 0 Å². The van der Waals surface area contributed by atoms with E-state index in [9.17, 15) is 4.39 Å². The predicted octanol–water partition coefficient (Wildman–Crippen LogP) is 7.05. The number of halogens is 1. The fourth-order valence-electron chi connectivity index (χ4n) is 4.20. The smallest absolute Gasteiger partial charge is 0.216 e. The van der Waals surface area contributed by atoms with Crippen molar-refractivity contribution in [3.63, 3.8) is 0 Å². The summed E-state index contributed by atoms with van der Waals surface area (Å²) in [6.07, 6.45) is 1.50. The number of aromatic nitrogens is 1. The van der Waals surface area contributed by atoms with Crippen LogP contribution in [0.1, 0.15) is 11.1 Å². The van der Waals surface area contributed by atoms with E-state index >= 15 is 0 Å². The maximum atomic E-state index is 14.1. The quantitative estimate of drug-likeness (QED) is 0.227. The highest BCUT2D eigenvalue weighted by molar-refractivity contribution is 6.12. The number of rotatable bonds is 2. The van der Waals surface area contributed by atoms with Crippen molar-refractivity contribution >= 4 is 27.6 Å². The average Bonchev–Trinajstić information content (AvgIpc) is 3.13. The maximum absolute atomic E-state index is 14.1. The van der Waals surface area contributed by atoms with E-state index in [0.29, 0.717) is 11.3 Å². The SMILES string of the molecule is [C-]#[N+]c1cc2c(cc1-c1ccccc1)oc1c(-c3cc(C)c(F)c[n+]3C)c(C)ccc12. The third kappa shape index (κ3) is 2.98. The van der Waals surface area contributed by atoms with Crippen molar-refractivity contribution in [2.24, 2.45) is 7.05 Å². The third-order valence-corrected chi connectivity index (χ3v) is 5.84. The van der Waals surface area contributed by atoms with Gasteiger partial charge >= 0.3 is 0 Å². The van der Waals surface area contributed by atoms with Gasteiger partial charge in [0.2, 0.25) is 11.9 Å². The van der Waals surface area contributed by atoms with E-state index in [4.69, 9.17) is 11.0 Å². The summed E-state index contributed by atoms with van der Waals surface area (Å²) in [7, 11) is 1.84. The first-order valence-corrected chi connectivity index (χ1v) is 10.1. The van der Waals surface area contributed by atoms with Gasteiger partial charge in [0.05, 0.1) is 12.1 Å². The number of furan rings is 1. The first-order valence-electron chi connectivity index (χ1n) is 10.1. The number of hydrogen-bond acceptors (Lipinski definition) is 1. The molecular weight excluding hydrogens is 387 g/mol. The van der Waals surface area contributed by atoms with Crippen LogP contribution < -0.4 is 4.57 Å². The van der Waals surface area contributed by atoms with E-state index in [-0.39, 0.29) is 5.82 Å². The summed E-state index contributed by atoms with van der Waals surface area (Å²) in [5.74, 6) is -0.241. The summed E-state index contributed by atoms with van der Waals surface area (Å²) in [6.45, 7) is 11.5. The molecule has 0 amide bonds. The van der Waals surface area contributed by atoms with Crippen molar-refractivity contribution in [1.82, 2.24) is 0 Å². The van der Waals surface area contributed by atoms with Crippen molar-refractivity contribution in [2.45, 2.75) is 13.8 Å². The molecule has 0 spiro atoms. The minimum Gasteiger partial charge on any atom is -0.455 e. The molecule has 0 atom stereocenters. The topological polar surface area (TPSA) is 21.4 Å². The number of hydrogen-bond donors (Lipinski definition) is 0. The van der Waals surface area contributed by atoms with E-state index in [0.717, 1.165) is 49.9 Å². The Morgan fingerprint density at radius 2 is 1.71 bits per heavy atom. The van der Waals surface area contributed by atoms with E-state index in [1.165, 1.54) is 6.20 Å². The van der Waals surface area contributed by atoms with Crippen LogP contribution in [0.25, 0.3) is 49.2 Å². The van der Waals surface area contributed by atoms with Crippen molar-refractivity contribution in [2.75, 3.05) is 0 Å².